The van der Waals surface area contributed by atoms with Crippen LogP contribution < -0.4 is 14.8 Å². The molecule has 1 unspecified atom stereocenters. The molecule has 4 nitrogen and oxygen atoms in total. The van der Waals surface area contributed by atoms with Crippen LogP contribution in [0.4, 0.5) is 5.69 Å². The normalized spacial score (nSPS) is 17.8. The van der Waals surface area contributed by atoms with Gasteiger partial charge in [0.15, 0.2) is 17.3 Å². The van der Waals surface area contributed by atoms with Gasteiger partial charge in [-0.3, -0.25) is 4.79 Å². The van der Waals surface area contributed by atoms with Crippen LogP contribution in [0.5, 0.6) is 11.5 Å². The second-order valence-corrected chi connectivity index (χ2v) is 11.6. The van der Waals surface area contributed by atoms with E-state index in [2.05, 4.69) is 55.6 Å². The lowest BCUT2D eigenvalue weighted by atomic mass is 9.68. The van der Waals surface area contributed by atoms with Crippen molar-refractivity contribution in [1.29, 1.82) is 0 Å². The SMILES string of the molecule is CCOc1cc(C2Nc3ccc4ccccc4c3C3=C2C(=O)CC(C)(C)C3)ccc1OCc1ccc(Cl)cc1. The Morgan fingerprint density at radius 2 is 1.72 bits per heavy atom. The predicted octanol–water partition coefficient (Wildman–Crippen LogP) is 8.78. The predicted molar refractivity (Wildman–Crippen MR) is 159 cm³/mol. The molecule has 2 aliphatic rings. The van der Waals surface area contributed by atoms with Crippen molar-refractivity contribution in [1.82, 2.24) is 0 Å². The third-order valence-corrected chi connectivity index (χ3v) is 7.90. The summed E-state index contributed by atoms with van der Waals surface area (Å²) >= 11 is 6.03. The van der Waals surface area contributed by atoms with E-state index in [4.69, 9.17) is 21.1 Å². The van der Waals surface area contributed by atoms with E-state index in [0.717, 1.165) is 39.9 Å². The van der Waals surface area contributed by atoms with E-state index in [1.54, 1.807) is 0 Å². The van der Waals surface area contributed by atoms with Gasteiger partial charge in [-0.15, -0.1) is 0 Å². The third kappa shape index (κ3) is 4.90. The van der Waals surface area contributed by atoms with Crippen molar-refractivity contribution >= 4 is 39.4 Å². The van der Waals surface area contributed by atoms with Gasteiger partial charge in [0.25, 0.3) is 0 Å². The van der Waals surface area contributed by atoms with Gasteiger partial charge in [-0.05, 0) is 76.6 Å². The fraction of sp³-hybridized carbons (Fsp3) is 0.265. The van der Waals surface area contributed by atoms with Gasteiger partial charge in [-0.2, -0.15) is 0 Å². The number of hydrogen-bond acceptors (Lipinski definition) is 4. The van der Waals surface area contributed by atoms with Gasteiger partial charge in [0.1, 0.15) is 6.61 Å². The maximum Gasteiger partial charge on any atom is 0.162 e. The Balaban J connectivity index is 1.42. The molecule has 0 saturated carbocycles. The number of fused-ring (bicyclic) bond motifs is 4. The highest BCUT2D eigenvalue weighted by molar-refractivity contribution is 6.30. The van der Waals surface area contributed by atoms with Crippen molar-refractivity contribution < 1.29 is 14.3 Å². The van der Waals surface area contributed by atoms with E-state index in [9.17, 15) is 4.79 Å². The highest BCUT2D eigenvalue weighted by Crippen LogP contribution is 2.52. The molecule has 0 fully saturated rings. The molecule has 0 aromatic heterocycles. The highest BCUT2D eigenvalue weighted by atomic mass is 35.5. The van der Waals surface area contributed by atoms with Gasteiger partial charge in [-0.1, -0.05) is 74.0 Å². The third-order valence-electron chi connectivity index (χ3n) is 7.65. The number of ketones is 1. The average Bonchev–Trinajstić information content (AvgIpc) is 2.92. The largest absolute Gasteiger partial charge is 0.490 e. The molecule has 5 heteroatoms. The number of carbonyl (C=O) groups excluding carboxylic acids is 1. The van der Waals surface area contributed by atoms with Crippen molar-refractivity contribution in [3.8, 4) is 11.5 Å². The molecule has 0 bridgehead atoms. The molecular weight excluding hydrogens is 506 g/mol. The van der Waals surface area contributed by atoms with Gasteiger partial charge in [-0.25, -0.2) is 0 Å². The van der Waals surface area contributed by atoms with Crippen molar-refractivity contribution in [3.63, 3.8) is 0 Å². The zero-order chi connectivity index (χ0) is 27.1. The fourth-order valence-electron chi connectivity index (χ4n) is 5.92. The van der Waals surface area contributed by atoms with Crippen LogP contribution >= 0.6 is 11.6 Å². The number of benzene rings is 4. The van der Waals surface area contributed by atoms with Crippen LogP contribution in [-0.2, 0) is 11.4 Å². The lowest BCUT2D eigenvalue weighted by molar-refractivity contribution is -0.118. The Labute approximate surface area is 234 Å². The van der Waals surface area contributed by atoms with Crippen molar-refractivity contribution in [2.75, 3.05) is 11.9 Å². The molecule has 39 heavy (non-hydrogen) atoms. The quantitative estimate of drug-likeness (QED) is 0.267. The van der Waals surface area contributed by atoms with Crippen LogP contribution in [0.15, 0.2) is 84.4 Å². The zero-order valence-electron chi connectivity index (χ0n) is 22.5. The van der Waals surface area contributed by atoms with Gasteiger partial charge < -0.3 is 14.8 Å². The minimum atomic E-state index is -0.262. The summed E-state index contributed by atoms with van der Waals surface area (Å²) in [6.07, 6.45) is 1.39. The summed E-state index contributed by atoms with van der Waals surface area (Å²) in [5, 5.41) is 6.78. The first-order valence-corrected chi connectivity index (χ1v) is 13.9. The van der Waals surface area contributed by atoms with Gasteiger partial charge >= 0.3 is 0 Å². The maximum absolute atomic E-state index is 13.8. The molecule has 1 N–H and O–H groups in total. The number of anilines is 1. The first-order valence-electron chi connectivity index (χ1n) is 13.5. The monoisotopic (exact) mass is 537 g/mol. The van der Waals surface area contributed by atoms with Gasteiger partial charge in [0.05, 0.1) is 12.6 Å². The number of nitrogens with one attached hydrogen (secondary N) is 1. The van der Waals surface area contributed by atoms with Gasteiger partial charge in [0.2, 0.25) is 0 Å². The van der Waals surface area contributed by atoms with Crippen molar-refractivity contribution in [3.05, 3.63) is 106 Å². The van der Waals surface area contributed by atoms with E-state index >= 15 is 0 Å². The van der Waals surface area contributed by atoms with Crippen LogP contribution in [0.2, 0.25) is 5.02 Å². The molecule has 0 amide bonds. The van der Waals surface area contributed by atoms with E-state index < -0.39 is 0 Å². The molecule has 4 aromatic rings. The Kier molecular flexibility index (Phi) is 6.60. The minimum Gasteiger partial charge on any atom is -0.490 e. The minimum absolute atomic E-state index is 0.0954. The molecule has 6 rings (SSSR count). The molecular formula is C34H32ClNO3. The molecule has 0 radical (unpaired) electrons. The number of rotatable bonds is 6. The Bertz CT molecular complexity index is 1600. The number of hydrogen-bond donors (Lipinski definition) is 1. The second kappa shape index (κ2) is 10.1. The maximum atomic E-state index is 13.8. The van der Waals surface area contributed by atoms with E-state index in [-0.39, 0.29) is 17.2 Å². The summed E-state index contributed by atoms with van der Waals surface area (Å²) in [4.78, 5) is 13.8. The average molecular weight is 538 g/mol. The molecule has 198 valence electrons. The number of halogens is 1. The number of Topliss-reactive ketones (excluding diaryl/α,β-unsaturated/α-hetero) is 1. The molecule has 1 atom stereocenters. The van der Waals surface area contributed by atoms with E-state index in [0.29, 0.717) is 36.2 Å². The van der Waals surface area contributed by atoms with E-state index in [1.807, 2.05) is 49.4 Å². The van der Waals surface area contributed by atoms with Crippen LogP contribution in [0.3, 0.4) is 0 Å². The van der Waals surface area contributed by atoms with Crippen LogP contribution in [0, 0.1) is 5.41 Å². The lowest BCUT2D eigenvalue weighted by Crippen LogP contribution is -2.33. The Morgan fingerprint density at radius 1 is 0.923 bits per heavy atom. The van der Waals surface area contributed by atoms with Crippen LogP contribution in [0.25, 0.3) is 16.3 Å². The van der Waals surface area contributed by atoms with E-state index in [1.165, 1.54) is 10.8 Å². The lowest BCUT2D eigenvalue weighted by Gasteiger charge is -2.40. The summed E-state index contributed by atoms with van der Waals surface area (Å²) in [5.41, 5.74) is 6.16. The molecule has 0 saturated heterocycles. The summed E-state index contributed by atoms with van der Waals surface area (Å²) in [6.45, 7) is 7.26. The topological polar surface area (TPSA) is 47.6 Å². The summed E-state index contributed by atoms with van der Waals surface area (Å²) < 4.78 is 12.2. The molecule has 4 aromatic carbocycles. The first-order chi connectivity index (χ1) is 18.8. The number of allylic oxidation sites excluding steroid dienone is 1. The highest BCUT2D eigenvalue weighted by Gasteiger charge is 2.41. The van der Waals surface area contributed by atoms with Crippen molar-refractivity contribution in [2.45, 2.75) is 46.3 Å². The van der Waals surface area contributed by atoms with Gasteiger partial charge in [0, 0.05) is 28.3 Å². The molecule has 1 aliphatic carbocycles. The summed E-state index contributed by atoms with van der Waals surface area (Å²) in [5.74, 6) is 1.54. The summed E-state index contributed by atoms with van der Waals surface area (Å²) in [6, 6.07) is 26.1. The molecule has 0 spiro atoms. The first kappa shape index (κ1) is 25.5. The fourth-order valence-corrected chi connectivity index (χ4v) is 6.05. The molecule has 1 aliphatic heterocycles. The smallest absolute Gasteiger partial charge is 0.162 e. The number of ether oxygens (including phenoxy) is 2. The standard InChI is InChI=1S/C34H32ClNO3/c1-4-38-30-17-23(12-16-29(30)39-20-21-9-13-24(35)14-10-21)33-32-26(18-34(2,3)19-28(32)37)31-25-8-6-5-7-22(25)11-15-27(31)36-33/h5-17,33,36H,4,18-20H2,1-3H3. The summed E-state index contributed by atoms with van der Waals surface area (Å²) in [7, 11) is 0. The Morgan fingerprint density at radius 3 is 2.51 bits per heavy atom. The van der Waals surface area contributed by atoms with Crippen LogP contribution in [-0.4, -0.2) is 12.4 Å². The number of carbonyl (C=O) groups is 1. The van der Waals surface area contributed by atoms with Crippen LogP contribution in [0.1, 0.15) is 56.3 Å². The zero-order valence-corrected chi connectivity index (χ0v) is 23.3. The van der Waals surface area contributed by atoms with Crippen molar-refractivity contribution in [2.24, 2.45) is 5.41 Å². The Hall–Kier alpha value is -3.76. The second-order valence-electron chi connectivity index (χ2n) is 11.2. The molecule has 1 heterocycles.